The molecule has 0 amide bonds. The van der Waals surface area contributed by atoms with Crippen LogP contribution in [-0.2, 0) is 0 Å². The van der Waals surface area contributed by atoms with Gasteiger partial charge in [0.2, 0.25) is 5.88 Å². The summed E-state index contributed by atoms with van der Waals surface area (Å²) in [6.45, 7) is 0. The Hall–Kier alpha value is -2.14. The van der Waals surface area contributed by atoms with Gasteiger partial charge in [0.15, 0.2) is 0 Å². The number of nitrogens with one attached hydrogen (secondary N) is 1. The zero-order valence-electron chi connectivity index (χ0n) is 8.55. The first kappa shape index (κ1) is 10.0. The van der Waals surface area contributed by atoms with Crippen LogP contribution in [0.4, 0.5) is 0 Å². The Morgan fingerprint density at radius 1 is 1.18 bits per heavy atom. The van der Waals surface area contributed by atoms with Gasteiger partial charge in [0.25, 0.3) is 0 Å². The van der Waals surface area contributed by atoms with E-state index in [0.717, 1.165) is 16.5 Å². The highest BCUT2D eigenvalue weighted by Crippen LogP contribution is 2.30. The smallest absolute Gasteiger partial charge is 0.214 e. The minimum atomic E-state index is -0.0772. The van der Waals surface area contributed by atoms with Gasteiger partial charge in [-0.15, -0.1) is 0 Å². The quantitative estimate of drug-likeness (QED) is 0.691. The lowest BCUT2D eigenvalue weighted by molar-refractivity contribution is 0.452. The minimum absolute atomic E-state index is 0.0772. The van der Waals surface area contributed by atoms with Gasteiger partial charge in [-0.25, -0.2) is 9.97 Å². The standard InChI is InChI=1S/C11H7ClN4O/c12-6-1-7(8-4-15-16-10(8)2-6)9-3-11(17)14-5-13-9/h1-5H,(H,15,16)(H,13,14,17). The molecule has 0 saturated heterocycles. The number of aromatic amines is 1. The molecular formula is C11H7ClN4O. The number of aromatic nitrogens is 4. The van der Waals surface area contributed by atoms with Crippen LogP contribution >= 0.6 is 11.6 Å². The molecule has 0 saturated carbocycles. The maximum Gasteiger partial charge on any atom is 0.214 e. The maximum atomic E-state index is 9.36. The van der Waals surface area contributed by atoms with E-state index in [1.807, 2.05) is 0 Å². The van der Waals surface area contributed by atoms with Crippen molar-refractivity contribution in [2.24, 2.45) is 0 Å². The third kappa shape index (κ3) is 1.70. The van der Waals surface area contributed by atoms with Crippen LogP contribution in [0.15, 0.2) is 30.7 Å². The van der Waals surface area contributed by atoms with Crippen molar-refractivity contribution in [3.05, 3.63) is 35.7 Å². The third-order valence-corrected chi connectivity index (χ3v) is 2.67. The Kier molecular flexibility index (Phi) is 2.19. The Morgan fingerprint density at radius 3 is 2.88 bits per heavy atom. The molecule has 0 atom stereocenters. The van der Waals surface area contributed by atoms with Crippen LogP contribution in [-0.4, -0.2) is 25.3 Å². The summed E-state index contributed by atoms with van der Waals surface area (Å²) in [7, 11) is 0. The van der Waals surface area contributed by atoms with Crippen LogP contribution in [0, 0.1) is 0 Å². The van der Waals surface area contributed by atoms with E-state index >= 15 is 0 Å². The van der Waals surface area contributed by atoms with Gasteiger partial charge in [-0.05, 0) is 12.1 Å². The molecule has 0 aliphatic carbocycles. The minimum Gasteiger partial charge on any atom is -0.493 e. The summed E-state index contributed by atoms with van der Waals surface area (Å²) in [5, 5.41) is 17.6. The van der Waals surface area contributed by atoms with Gasteiger partial charge in [0.05, 0.1) is 17.4 Å². The Balaban J connectivity index is 2.32. The number of halogens is 1. The van der Waals surface area contributed by atoms with Gasteiger partial charge in [0.1, 0.15) is 6.33 Å². The first-order valence-corrected chi connectivity index (χ1v) is 5.26. The van der Waals surface area contributed by atoms with Gasteiger partial charge in [-0.2, -0.15) is 5.10 Å². The number of hydrogen-bond donors (Lipinski definition) is 2. The lowest BCUT2D eigenvalue weighted by Gasteiger charge is -2.03. The molecule has 5 nitrogen and oxygen atoms in total. The topological polar surface area (TPSA) is 74.7 Å². The lowest BCUT2D eigenvalue weighted by atomic mass is 10.1. The predicted molar refractivity (Wildman–Crippen MR) is 63.8 cm³/mol. The molecule has 84 valence electrons. The fourth-order valence-electron chi connectivity index (χ4n) is 1.72. The molecule has 3 aromatic rings. The van der Waals surface area contributed by atoms with Crippen LogP contribution in [0.3, 0.4) is 0 Å². The van der Waals surface area contributed by atoms with Crippen LogP contribution in [0.2, 0.25) is 5.02 Å². The monoisotopic (exact) mass is 246 g/mol. The molecule has 0 radical (unpaired) electrons. The second kappa shape index (κ2) is 3.71. The van der Waals surface area contributed by atoms with E-state index in [0.29, 0.717) is 10.7 Å². The van der Waals surface area contributed by atoms with Crippen molar-refractivity contribution in [3.8, 4) is 17.1 Å². The molecule has 0 fully saturated rings. The summed E-state index contributed by atoms with van der Waals surface area (Å²) in [5.41, 5.74) is 2.23. The lowest BCUT2D eigenvalue weighted by Crippen LogP contribution is -1.86. The Bertz CT molecular complexity index is 695. The normalized spacial score (nSPS) is 10.9. The van der Waals surface area contributed by atoms with Crippen LogP contribution < -0.4 is 0 Å². The average Bonchev–Trinajstić information content (AvgIpc) is 2.75. The van der Waals surface area contributed by atoms with Gasteiger partial charge in [-0.3, -0.25) is 5.10 Å². The fourth-order valence-corrected chi connectivity index (χ4v) is 1.94. The number of aromatic hydroxyl groups is 1. The van der Waals surface area contributed by atoms with Crippen molar-refractivity contribution in [1.82, 2.24) is 20.2 Å². The highest BCUT2D eigenvalue weighted by atomic mass is 35.5. The predicted octanol–water partition coefficient (Wildman–Crippen LogP) is 2.38. The van der Waals surface area contributed by atoms with Crippen molar-refractivity contribution in [2.45, 2.75) is 0 Å². The average molecular weight is 247 g/mol. The molecular weight excluding hydrogens is 240 g/mol. The second-order valence-corrected chi connectivity index (χ2v) is 3.98. The van der Waals surface area contributed by atoms with Crippen molar-refractivity contribution < 1.29 is 5.11 Å². The van der Waals surface area contributed by atoms with Crippen molar-refractivity contribution in [2.75, 3.05) is 0 Å². The summed E-state index contributed by atoms with van der Waals surface area (Å²) in [6, 6.07) is 5.05. The molecule has 0 spiro atoms. The highest BCUT2D eigenvalue weighted by Gasteiger charge is 2.09. The summed E-state index contributed by atoms with van der Waals surface area (Å²) < 4.78 is 0. The summed E-state index contributed by atoms with van der Waals surface area (Å²) in [4.78, 5) is 7.75. The third-order valence-electron chi connectivity index (χ3n) is 2.45. The molecule has 3 rings (SSSR count). The van der Waals surface area contributed by atoms with E-state index in [-0.39, 0.29) is 5.88 Å². The second-order valence-electron chi connectivity index (χ2n) is 3.55. The van der Waals surface area contributed by atoms with E-state index < -0.39 is 0 Å². The van der Waals surface area contributed by atoms with Gasteiger partial charge in [-0.1, -0.05) is 11.6 Å². The molecule has 17 heavy (non-hydrogen) atoms. The zero-order chi connectivity index (χ0) is 11.8. The molecule has 2 N–H and O–H groups in total. The highest BCUT2D eigenvalue weighted by molar-refractivity contribution is 6.31. The van der Waals surface area contributed by atoms with E-state index in [4.69, 9.17) is 11.6 Å². The SMILES string of the molecule is Oc1cc(-c2cc(Cl)cc3[nH]ncc23)ncn1. The number of benzene rings is 1. The molecule has 6 heteroatoms. The number of H-pyrrole nitrogens is 1. The molecule has 0 aliphatic heterocycles. The van der Waals surface area contributed by atoms with Crippen LogP contribution in [0.5, 0.6) is 5.88 Å². The largest absolute Gasteiger partial charge is 0.493 e. The van der Waals surface area contributed by atoms with Crippen molar-refractivity contribution in [1.29, 1.82) is 0 Å². The van der Waals surface area contributed by atoms with E-state index in [1.165, 1.54) is 12.4 Å². The maximum absolute atomic E-state index is 9.36. The van der Waals surface area contributed by atoms with Crippen molar-refractivity contribution in [3.63, 3.8) is 0 Å². The number of rotatable bonds is 1. The number of fused-ring (bicyclic) bond motifs is 1. The molecule has 0 aliphatic rings. The van der Waals surface area contributed by atoms with E-state index in [2.05, 4.69) is 20.2 Å². The molecule has 2 heterocycles. The van der Waals surface area contributed by atoms with Crippen LogP contribution in [0.25, 0.3) is 22.2 Å². The molecule has 1 aromatic carbocycles. The first-order chi connectivity index (χ1) is 8.24. The Labute approximate surface area is 101 Å². The van der Waals surface area contributed by atoms with E-state index in [9.17, 15) is 5.11 Å². The first-order valence-electron chi connectivity index (χ1n) is 4.88. The summed E-state index contributed by atoms with van der Waals surface area (Å²) in [6.07, 6.45) is 3.00. The summed E-state index contributed by atoms with van der Waals surface area (Å²) in [5.74, 6) is -0.0772. The number of nitrogens with zero attached hydrogens (tertiary/aromatic N) is 3. The van der Waals surface area contributed by atoms with Gasteiger partial charge in [0, 0.05) is 22.0 Å². The molecule has 0 bridgehead atoms. The number of hydrogen-bond acceptors (Lipinski definition) is 4. The molecule has 2 aromatic heterocycles. The summed E-state index contributed by atoms with van der Waals surface area (Å²) >= 11 is 6.02. The van der Waals surface area contributed by atoms with Crippen molar-refractivity contribution >= 4 is 22.5 Å². The van der Waals surface area contributed by atoms with E-state index in [1.54, 1.807) is 18.3 Å². The van der Waals surface area contributed by atoms with Gasteiger partial charge < -0.3 is 5.11 Å². The Morgan fingerprint density at radius 2 is 2.06 bits per heavy atom. The fraction of sp³-hybridized carbons (Fsp3) is 0. The van der Waals surface area contributed by atoms with Gasteiger partial charge >= 0.3 is 0 Å². The molecule has 0 unspecified atom stereocenters. The van der Waals surface area contributed by atoms with Crippen LogP contribution in [0.1, 0.15) is 0 Å². The zero-order valence-corrected chi connectivity index (χ0v) is 9.31.